The summed E-state index contributed by atoms with van der Waals surface area (Å²) in [6.07, 6.45) is 1.73. The van der Waals surface area contributed by atoms with Crippen molar-refractivity contribution in [1.29, 1.82) is 0 Å². The van der Waals surface area contributed by atoms with Crippen LogP contribution in [0.25, 0.3) is 0 Å². The monoisotopic (exact) mass is 319 g/mol. The van der Waals surface area contributed by atoms with Crippen LogP contribution in [0.5, 0.6) is 5.88 Å². The Hall–Kier alpha value is -2.21. The largest absolute Gasteiger partial charge is 0.481 e. The van der Waals surface area contributed by atoms with Crippen molar-refractivity contribution in [2.45, 2.75) is 6.54 Å². The first-order valence-corrected chi connectivity index (χ1v) is 7.57. The molecule has 3 rings (SSSR count). The number of aromatic nitrogens is 1. The van der Waals surface area contributed by atoms with Gasteiger partial charge in [0.15, 0.2) is 0 Å². The van der Waals surface area contributed by atoms with E-state index in [4.69, 9.17) is 4.74 Å². The molecule has 0 amide bonds. The maximum atomic E-state index is 13.8. The Morgan fingerprint density at radius 3 is 2.57 bits per heavy atom. The molecule has 0 bridgehead atoms. The highest BCUT2D eigenvalue weighted by atomic mass is 19.1. The summed E-state index contributed by atoms with van der Waals surface area (Å²) in [5, 5.41) is 0. The first kappa shape index (κ1) is 15.7. The minimum Gasteiger partial charge on any atom is -0.481 e. The van der Waals surface area contributed by atoms with E-state index >= 15 is 0 Å². The summed E-state index contributed by atoms with van der Waals surface area (Å²) in [7, 11) is 1.60. The molecule has 122 valence electrons. The smallest absolute Gasteiger partial charge is 0.213 e. The van der Waals surface area contributed by atoms with E-state index in [0.29, 0.717) is 24.7 Å². The minimum atomic E-state index is -0.545. The van der Waals surface area contributed by atoms with Gasteiger partial charge in [0, 0.05) is 51.1 Å². The first-order chi connectivity index (χ1) is 11.2. The lowest BCUT2D eigenvalue weighted by Crippen LogP contribution is -2.46. The molecule has 0 aliphatic carbocycles. The molecule has 23 heavy (non-hydrogen) atoms. The molecule has 2 aromatic rings. The molecule has 1 aromatic heterocycles. The Kier molecular flexibility index (Phi) is 4.71. The quantitative estimate of drug-likeness (QED) is 0.866. The third-order valence-corrected chi connectivity index (χ3v) is 4.04. The van der Waals surface area contributed by atoms with Gasteiger partial charge in [-0.15, -0.1) is 0 Å². The van der Waals surface area contributed by atoms with Crippen LogP contribution in [0.3, 0.4) is 0 Å². The van der Waals surface area contributed by atoms with Gasteiger partial charge in [0.2, 0.25) is 5.88 Å². The van der Waals surface area contributed by atoms with E-state index in [-0.39, 0.29) is 0 Å². The van der Waals surface area contributed by atoms with Crippen molar-refractivity contribution in [2.24, 2.45) is 0 Å². The summed E-state index contributed by atoms with van der Waals surface area (Å²) < 4.78 is 32.0. The van der Waals surface area contributed by atoms with Crippen molar-refractivity contribution in [2.75, 3.05) is 38.2 Å². The van der Waals surface area contributed by atoms with Crippen LogP contribution in [0.4, 0.5) is 14.5 Å². The fourth-order valence-electron chi connectivity index (χ4n) is 2.80. The van der Waals surface area contributed by atoms with Gasteiger partial charge in [-0.25, -0.2) is 13.8 Å². The first-order valence-electron chi connectivity index (χ1n) is 7.57. The number of ether oxygens (including phenoxy) is 1. The highest BCUT2D eigenvalue weighted by Gasteiger charge is 2.20. The summed E-state index contributed by atoms with van der Waals surface area (Å²) in [5.41, 5.74) is 1.61. The number of hydrogen-bond donors (Lipinski definition) is 0. The van der Waals surface area contributed by atoms with Crippen LogP contribution >= 0.6 is 0 Å². The zero-order chi connectivity index (χ0) is 16.2. The molecular formula is C17H19F2N3O. The number of halogens is 2. The Balaban J connectivity index is 1.59. The highest BCUT2D eigenvalue weighted by molar-refractivity contribution is 5.48. The van der Waals surface area contributed by atoms with Crippen LogP contribution in [0, 0.1) is 11.6 Å². The van der Waals surface area contributed by atoms with Crippen molar-refractivity contribution in [1.82, 2.24) is 9.88 Å². The number of nitrogens with zero attached hydrogens (tertiary/aromatic N) is 3. The normalized spacial score (nSPS) is 15.7. The summed E-state index contributed by atoms with van der Waals surface area (Å²) in [5.74, 6) is -0.441. The second-order valence-corrected chi connectivity index (χ2v) is 5.57. The molecule has 0 atom stereocenters. The Bertz CT molecular complexity index is 673. The maximum absolute atomic E-state index is 13.8. The van der Waals surface area contributed by atoms with Crippen molar-refractivity contribution < 1.29 is 13.5 Å². The van der Waals surface area contributed by atoms with Gasteiger partial charge in [-0.2, -0.15) is 0 Å². The predicted molar refractivity (Wildman–Crippen MR) is 84.6 cm³/mol. The lowest BCUT2D eigenvalue weighted by molar-refractivity contribution is 0.248. The van der Waals surface area contributed by atoms with E-state index < -0.39 is 11.6 Å². The molecule has 0 N–H and O–H groups in total. The van der Waals surface area contributed by atoms with Gasteiger partial charge in [0.1, 0.15) is 11.6 Å². The third kappa shape index (κ3) is 3.76. The average molecular weight is 319 g/mol. The average Bonchev–Trinajstić information content (AvgIpc) is 2.56. The van der Waals surface area contributed by atoms with Crippen molar-refractivity contribution in [3.05, 3.63) is 53.7 Å². The van der Waals surface area contributed by atoms with Crippen LogP contribution in [-0.4, -0.2) is 43.2 Å². The summed E-state index contributed by atoms with van der Waals surface area (Å²) in [6.45, 7) is 3.87. The van der Waals surface area contributed by atoms with Crippen LogP contribution in [0.1, 0.15) is 5.56 Å². The van der Waals surface area contributed by atoms with Gasteiger partial charge < -0.3 is 9.64 Å². The molecule has 1 fully saturated rings. The topological polar surface area (TPSA) is 28.6 Å². The van der Waals surface area contributed by atoms with Gasteiger partial charge in [0.05, 0.1) is 12.8 Å². The molecule has 1 aliphatic heterocycles. The number of anilines is 1. The summed E-state index contributed by atoms with van der Waals surface area (Å²) in [6, 6.07) is 7.63. The van der Waals surface area contributed by atoms with E-state index in [1.807, 2.05) is 17.0 Å². The van der Waals surface area contributed by atoms with Crippen LogP contribution < -0.4 is 9.64 Å². The zero-order valence-corrected chi connectivity index (χ0v) is 13.0. The number of rotatable bonds is 4. The molecular weight excluding hydrogens is 300 g/mol. The lowest BCUT2D eigenvalue weighted by Gasteiger charge is -2.36. The number of benzene rings is 1. The fraction of sp³-hybridized carbons (Fsp3) is 0.353. The van der Waals surface area contributed by atoms with E-state index in [0.717, 1.165) is 31.3 Å². The molecule has 1 aliphatic rings. The van der Waals surface area contributed by atoms with Crippen LogP contribution in [0.15, 0.2) is 36.5 Å². The van der Waals surface area contributed by atoms with Crippen molar-refractivity contribution in [3.8, 4) is 5.88 Å². The van der Waals surface area contributed by atoms with Gasteiger partial charge in [-0.05, 0) is 23.8 Å². The SMILES string of the molecule is COc1cc(CN2CCN(c3ccc(F)cc3F)CC2)ccn1. The van der Waals surface area contributed by atoms with Crippen LogP contribution in [0.2, 0.25) is 0 Å². The van der Waals surface area contributed by atoms with Gasteiger partial charge >= 0.3 is 0 Å². The van der Waals surface area contributed by atoms with Gasteiger partial charge in [-0.3, -0.25) is 4.90 Å². The second-order valence-electron chi connectivity index (χ2n) is 5.57. The molecule has 1 saturated heterocycles. The Labute approximate surface area is 134 Å². The van der Waals surface area contributed by atoms with Gasteiger partial charge in [0.25, 0.3) is 0 Å². The van der Waals surface area contributed by atoms with Gasteiger partial charge in [-0.1, -0.05) is 0 Å². The van der Waals surface area contributed by atoms with E-state index in [1.54, 1.807) is 13.3 Å². The molecule has 0 saturated carbocycles. The van der Waals surface area contributed by atoms with Crippen LogP contribution in [-0.2, 0) is 6.54 Å². The fourth-order valence-corrected chi connectivity index (χ4v) is 2.80. The number of hydrogen-bond acceptors (Lipinski definition) is 4. The summed E-state index contributed by atoms with van der Waals surface area (Å²) >= 11 is 0. The summed E-state index contributed by atoms with van der Waals surface area (Å²) in [4.78, 5) is 8.35. The predicted octanol–water partition coefficient (Wildman–Crippen LogP) is 2.69. The molecule has 4 nitrogen and oxygen atoms in total. The number of pyridine rings is 1. The lowest BCUT2D eigenvalue weighted by atomic mass is 10.2. The molecule has 2 heterocycles. The second kappa shape index (κ2) is 6.91. The van der Waals surface area contributed by atoms with Crippen molar-refractivity contribution >= 4 is 5.69 Å². The van der Waals surface area contributed by atoms with E-state index in [2.05, 4.69) is 9.88 Å². The molecule has 0 spiro atoms. The third-order valence-electron chi connectivity index (χ3n) is 4.04. The minimum absolute atomic E-state index is 0.469. The highest BCUT2D eigenvalue weighted by Crippen LogP contribution is 2.22. The van der Waals surface area contributed by atoms with Crippen molar-refractivity contribution in [3.63, 3.8) is 0 Å². The Morgan fingerprint density at radius 1 is 1.09 bits per heavy atom. The molecule has 1 aromatic carbocycles. The standard InChI is InChI=1S/C17H19F2N3O/c1-23-17-10-13(4-5-20-17)12-21-6-8-22(9-7-21)16-3-2-14(18)11-15(16)19/h2-5,10-11H,6-9,12H2,1H3. The number of methoxy groups -OCH3 is 1. The van der Waals surface area contributed by atoms with E-state index in [1.165, 1.54) is 12.1 Å². The molecule has 0 radical (unpaired) electrons. The Morgan fingerprint density at radius 2 is 1.87 bits per heavy atom. The zero-order valence-electron chi connectivity index (χ0n) is 13.0. The maximum Gasteiger partial charge on any atom is 0.213 e. The van der Waals surface area contributed by atoms with E-state index in [9.17, 15) is 8.78 Å². The molecule has 0 unspecified atom stereocenters. The molecule has 6 heteroatoms. The number of piperazine rings is 1.